The minimum Gasteiger partial charge on any atom is -0.310 e. The van der Waals surface area contributed by atoms with E-state index >= 15 is 0 Å². The SMILES string of the molecule is CC1(C)c2cc(N(c3ccc(C4CC5CCC4C5)cc3)c3ccc(C4CC5CCC4C5)cc3)ccc2-c2cc3sc4ccccc4c3cc21. The van der Waals surface area contributed by atoms with Crippen molar-refractivity contribution in [1.82, 2.24) is 0 Å². The number of fused-ring (bicyclic) bond motifs is 10. The Hall–Kier alpha value is -3.88. The van der Waals surface area contributed by atoms with Gasteiger partial charge < -0.3 is 4.90 Å². The minimum atomic E-state index is -0.0825. The van der Waals surface area contributed by atoms with Crippen LogP contribution in [0.3, 0.4) is 0 Å². The lowest BCUT2D eigenvalue weighted by Crippen LogP contribution is -2.17. The Labute approximate surface area is 295 Å². The molecule has 5 aromatic carbocycles. The average molecular weight is 656 g/mol. The van der Waals surface area contributed by atoms with Crippen LogP contribution >= 0.6 is 11.3 Å². The molecule has 2 heteroatoms. The molecule has 5 aliphatic rings. The highest BCUT2D eigenvalue weighted by atomic mass is 32.1. The predicted molar refractivity (Wildman–Crippen MR) is 208 cm³/mol. The summed E-state index contributed by atoms with van der Waals surface area (Å²) in [6, 6.07) is 40.7. The monoisotopic (exact) mass is 655 g/mol. The first kappa shape index (κ1) is 28.9. The molecule has 0 radical (unpaired) electrons. The summed E-state index contributed by atoms with van der Waals surface area (Å²) in [7, 11) is 0. The lowest BCUT2D eigenvalue weighted by molar-refractivity contribution is 0.420. The first-order valence-corrected chi connectivity index (χ1v) is 19.9. The Balaban J connectivity index is 1.00. The lowest BCUT2D eigenvalue weighted by Gasteiger charge is -2.29. The highest BCUT2D eigenvalue weighted by Gasteiger charge is 2.41. The van der Waals surface area contributed by atoms with Crippen LogP contribution in [0.15, 0.2) is 103 Å². The average Bonchev–Trinajstić information content (AvgIpc) is 4.00. The van der Waals surface area contributed by atoms with E-state index in [1.54, 1.807) is 11.1 Å². The van der Waals surface area contributed by atoms with Crippen molar-refractivity contribution < 1.29 is 0 Å². The van der Waals surface area contributed by atoms with E-state index in [1.165, 1.54) is 111 Å². The molecule has 0 spiro atoms. The van der Waals surface area contributed by atoms with E-state index in [2.05, 4.69) is 122 Å². The van der Waals surface area contributed by atoms with Crippen molar-refractivity contribution in [2.45, 2.75) is 82.5 Å². The van der Waals surface area contributed by atoms with Crippen molar-refractivity contribution >= 4 is 48.6 Å². The molecule has 4 bridgehead atoms. The normalized spacial score (nSPS) is 27.3. The number of nitrogens with zero attached hydrogens (tertiary/aromatic N) is 1. The van der Waals surface area contributed by atoms with Gasteiger partial charge in [0.25, 0.3) is 0 Å². The highest BCUT2D eigenvalue weighted by molar-refractivity contribution is 7.25. The largest absolute Gasteiger partial charge is 0.310 e. The van der Waals surface area contributed by atoms with Crippen LogP contribution < -0.4 is 4.90 Å². The number of hydrogen-bond donors (Lipinski definition) is 0. The van der Waals surface area contributed by atoms with Gasteiger partial charge in [0, 0.05) is 42.6 Å². The van der Waals surface area contributed by atoms with Crippen molar-refractivity contribution in [2.24, 2.45) is 23.7 Å². The molecule has 11 rings (SSSR count). The molecule has 244 valence electrons. The first-order valence-electron chi connectivity index (χ1n) is 19.1. The van der Waals surface area contributed by atoms with Gasteiger partial charge in [-0.1, -0.05) is 75.2 Å². The molecule has 4 fully saturated rings. The third kappa shape index (κ3) is 4.35. The van der Waals surface area contributed by atoms with Gasteiger partial charge in [-0.25, -0.2) is 0 Å². The van der Waals surface area contributed by atoms with Crippen LogP contribution in [-0.2, 0) is 5.41 Å². The Morgan fingerprint density at radius 2 is 1.12 bits per heavy atom. The number of anilines is 3. The lowest BCUT2D eigenvalue weighted by atomic mass is 9.82. The molecule has 1 heterocycles. The molecular weight excluding hydrogens is 611 g/mol. The number of benzene rings is 5. The van der Waals surface area contributed by atoms with Gasteiger partial charge in [-0.2, -0.15) is 0 Å². The number of hydrogen-bond acceptors (Lipinski definition) is 2. The highest BCUT2D eigenvalue weighted by Crippen LogP contribution is 2.56. The molecule has 0 aliphatic heterocycles. The Morgan fingerprint density at radius 3 is 1.71 bits per heavy atom. The molecule has 6 unspecified atom stereocenters. The summed E-state index contributed by atoms with van der Waals surface area (Å²) in [4.78, 5) is 2.53. The van der Waals surface area contributed by atoms with Crippen LogP contribution in [0.2, 0.25) is 0 Å². The summed E-state index contributed by atoms with van der Waals surface area (Å²) in [6.07, 6.45) is 11.5. The summed E-state index contributed by atoms with van der Waals surface area (Å²) in [5.74, 6) is 5.25. The molecule has 49 heavy (non-hydrogen) atoms. The fraction of sp³-hybridized carbons (Fsp3) is 0.362. The second-order valence-electron chi connectivity index (χ2n) is 16.9. The van der Waals surface area contributed by atoms with E-state index in [0.29, 0.717) is 0 Å². The van der Waals surface area contributed by atoms with Crippen LogP contribution in [0.1, 0.15) is 99.3 Å². The van der Waals surface area contributed by atoms with Crippen LogP contribution in [-0.4, -0.2) is 0 Å². The zero-order chi connectivity index (χ0) is 32.4. The van der Waals surface area contributed by atoms with Crippen LogP contribution in [0.5, 0.6) is 0 Å². The minimum absolute atomic E-state index is 0.0825. The summed E-state index contributed by atoms with van der Waals surface area (Å²) in [5.41, 5.74) is 12.5. The second kappa shape index (κ2) is 10.6. The maximum Gasteiger partial charge on any atom is 0.0465 e. The van der Waals surface area contributed by atoms with Gasteiger partial charge in [0.2, 0.25) is 0 Å². The molecule has 5 aliphatic carbocycles. The third-order valence-corrected chi connectivity index (χ3v) is 15.2. The van der Waals surface area contributed by atoms with Crippen molar-refractivity contribution in [3.63, 3.8) is 0 Å². The molecule has 0 amide bonds. The third-order valence-electron chi connectivity index (χ3n) is 14.1. The molecule has 1 aromatic heterocycles. The maximum absolute atomic E-state index is 2.53. The second-order valence-corrected chi connectivity index (χ2v) is 18.0. The van der Waals surface area contributed by atoms with Gasteiger partial charge in [0.1, 0.15) is 0 Å². The Morgan fingerprint density at radius 1 is 0.531 bits per heavy atom. The smallest absolute Gasteiger partial charge is 0.0465 e. The van der Waals surface area contributed by atoms with E-state index in [4.69, 9.17) is 0 Å². The molecule has 0 N–H and O–H groups in total. The summed E-state index contributed by atoms with van der Waals surface area (Å²) < 4.78 is 2.77. The molecule has 1 nitrogen and oxygen atoms in total. The van der Waals surface area contributed by atoms with Crippen molar-refractivity contribution in [1.29, 1.82) is 0 Å². The fourth-order valence-electron chi connectivity index (χ4n) is 11.6. The zero-order valence-corrected chi connectivity index (χ0v) is 29.6. The molecule has 0 saturated heterocycles. The van der Waals surface area contributed by atoms with Crippen molar-refractivity contribution in [3.8, 4) is 11.1 Å². The van der Waals surface area contributed by atoms with E-state index in [-0.39, 0.29) is 5.41 Å². The maximum atomic E-state index is 2.53. The van der Waals surface area contributed by atoms with Crippen LogP contribution in [0, 0.1) is 23.7 Å². The van der Waals surface area contributed by atoms with Crippen LogP contribution in [0.4, 0.5) is 17.1 Å². The Kier molecular flexibility index (Phi) is 6.23. The molecular formula is C47H45NS. The topological polar surface area (TPSA) is 3.24 Å². The summed E-state index contributed by atoms with van der Waals surface area (Å²) >= 11 is 1.92. The van der Waals surface area contributed by atoms with E-state index in [1.807, 2.05) is 11.3 Å². The van der Waals surface area contributed by atoms with E-state index in [0.717, 1.165) is 35.5 Å². The van der Waals surface area contributed by atoms with E-state index in [9.17, 15) is 0 Å². The quantitative estimate of drug-likeness (QED) is 0.179. The van der Waals surface area contributed by atoms with Gasteiger partial charge >= 0.3 is 0 Å². The molecule has 4 saturated carbocycles. The predicted octanol–water partition coefficient (Wildman–Crippen LogP) is 13.6. The van der Waals surface area contributed by atoms with Crippen LogP contribution in [0.25, 0.3) is 31.3 Å². The zero-order valence-electron chi connectivity index (χ0n) is 28.8. The van der Waals surface area contributed by atoms with Gasteiger partial charge in [-0.05, 0) is 162 Å². The number of rotatable bonds is 5. The van der Waals surface area contributed by atoms with Gasteiger partial charge in [-0.15, -0.1) is 11.3 Å². The summed E-state index contributed by atoms with van der Waals surface area (Å²) in [6.45, 7) is 4.86. The molecule has 6 aromatic rings. The van der Waals surface area contributed by atoms with Gasteiger partial charge in [0.15, 0.2) is 0 Å². The number of thiophene rings is 1. The van der Waals surface area contributed by atoms with Crippen molar-refractivity contribution in [3.05, 3.63) is 125 Å². The fourth-order valence-corrected chi connectivity index (χ4v) is 12.7. The van der Waals surface area contributed by atoms with Crippen molar-refractivity contribution in [2.75, 3.05) is 4.90 Å². The van der Waals surface area contributed by atoms with Gasteiger partial charge in [-0.3, -0.25) is 0 Å². The Bertz CT molecular complexity index is 2180. The first-order chi connectivity index (χ1) is 24.0. The molecule has 6 atom stereocenters. The summed E-state index contributed by atoms with van der Waals surface area (Å²) in [5, 5.41) is 2.78. The van der Waals surface area contributed by atoms with E-state index < -0.39 is 0 Å². The standard InChI is InChI=1S/C47H45NS/c1-47(2)43-25-36(19-20-37(43)41-27-46-42(26-44(41)47)38-5-3-4-6-45(38)49-46)48(34-15-11-30(12-16-34)39-23-28-7-9-32(39)21-28)35-17-13-31(14-18-35)40-24-29-8-10-33(40)22-29/h3-6,11-20,25-29,32-33,39-40H,7-10,21-24H2,1-2H3. The van der Waals surface area contributed by atoms with Gasteiger partial charge in [0.05, 0.1) is 0 Å².